The monoisotopic (exact) mass is 416 g/mol. The van der Waals surface area contributed by atoms with Crippen LogP contribution in [-0.2, 0) is 17.9 Å². The molecule has 0 radical (unpaired) electrons. The highest BCUT2D eigenvalue weighted by Gasteiger charge is 2.32. The average molecular weight is 417 g/mol. The SMILES string of the molecule is Cc1cccc(C2CC(C(=O)NCc3cccc(F)c3)CN(Cc3ccccc3)C2)c1. The molecule has 1 aliphatic heterocycles. The van der Waals surface area contributed by atoms with Crippen molar-refractivity contribution >= 4 is 5.91 Å². The molecule has 1 saturated heterocycles. The van der Waals surface area contributed by atoms with E-state index in [0.717, 1.165) is 31.6 Å². The smallest absolute Gasteiger partial charge is 0.224 e. The van der Waals surface area contributed by atoms with Gasteiger partial charge in [-0.2, -0.15) is 0 Å². The van der Waals surface area contributed by atoms with Crippen molar-refractivity contribution in [1.82, 2.24) is 10.2 Å². The van der Waals surface area contributed by atoms with Crippen molar-refractivity contribution in [3.05, 3.63) is 107 Å². The number of aryl methyl sites for hydroxylation is 1. The van der Waals surface area contributed by atoms with E-state index in [0.29, 0.717) is 12.5 Å². The Morgan fingerprint density at radius 1 is 0.968 bits per heavy atom. The molecular formula is C27H29FN2O. The van der Waals surface area contributed by atoms with Crippen molar-refractivity contribution in [1.29, 1.82) is 0 Å². The highest BCUT2D eigenvalue weighted by atomic mass is 19.1. The summed E-state index contributed by atoms with van der Waals surface area (Å²) in [4.78, 5) is 15.5. The first-order valence-electron chi connectivity index (χ1n) is 10.9. The maximum atomic E-state index is 13.5. The fourth-order valence-electron chi connectivity index (χ4n) is 4.50. The first-order chi connectivity index (χ1) is 15.1. The number of carbonyl (C=O) groups excluding carboxylic acids is 1. The number of piperidine rings is 1. The van der Waals surface area contributed by atoms with Gasteiger partial charge in [0.05, 0.1) is 5.92 Å². The van der Waals surface area contributed by atoms with Crippen molar-refractivity contribution in [3.8, 4) is 0 Å². The van der Waals surface area contributed by atoms with E-state index in [2.05, 4.69) is 65.7 Å². The highest BCUT2D eigenvalue weighted by molar-refractivity contribution is 5.79. The molecule has 0 aliphatic carbocycles. The Labute approximate surface area is 183 Å². The summed E-state index contributed by atoms with van der Waals surface area (Å²) in [6, 6.07) is 25.4. The van der Waals surface area contributed by atoms with Gasteiger partial charge in [0.25, 0.3) is 0 Å². The maximum absolute atomic E-state index is 13.5. The second kappa shape index (κ2) is 9.88. The summed E-state index contributed by atoms with van der Waals surface area (Å²) in [6.07, 6.45) is 0.823. The molecule has 160 valence electrons. The summed E-state index contributed by atoms with van der Waals surface area (Å²) in [5.41, 5.74) is 4.57. The van der Waals surface area contributed by atoms with Crippen molar-refractivity contribution < 1.29 is 9.18 Å². The van der Waals surface area contributed by atoms with Gasteiger partial charge < -0.3 is 5.32 Å². The van der Waals surface area contributed by atoms with Crippen LogP contribution in [0.25, 0.3) is 0 Å². The first-order valence-corrected chi connectivity index (χ1v) is 10.9. The molecule has 0 saturated carbocycles. The van der Waals surface area contributed by atoms with E-state index in [1.165, 1.54) is 28.8 Å². The summed E-state index contributed by atoms with van der Waals surface area (Å²) in [6.45, 7) is 4.95. The Hall–Kier alpha value is -2.98. The van der Waals surface area contributed by atoms with Crippen LogP contribution in [0.3, 0.4) is 0 Å². The lowest BCUT2D eigenvalue weighted by atomic mass is 9.83. The van der Waals surface area contributed by atoms with Crippen LogP contribution in [0.2, 0.25) is 0 Å². The van der Waals surface area contributed by atoms with Gasteiger partial charge in [-0.1, -0.05) is 72.3 Å². The minimum absolute atomic E-state index is 0.0414. The molecule has 4 rings (SSSR count). The van der Waals surface area contributed by atoms with Gasteiger partial charge in [-0.25, -0.2) is 4.39 Å². The number of benzene rings is 3. The fourth-order valence-corrected chi connectivity index (χ4v) is 4.50. The zero-order valence-electron chi connectivity index (χ0n) is 17.9. The molecule has 2 unspecified atom stereocenters. The second-order valence-corrected chi connectivity index (χ2v) is 8.57. The number of amides is 1. The molecule has 2 atom stereocenters. The molecule has 1 N–H and O–H groups in total. The normalized spacial score (nSPS) is 19.2. The van der Waals surface area contributed by atoms with Crippen LogP contribution >= 0.6 is 0 Å². The third-order valence-electron chi connectivity index (χ3n) is 6.02. The predicted molar refractivity (Wildman–Crippen MR) is 122 cm³/mol. The first kappa shape index (κ1) is 21.3. The van der Waals surface area contributed by atoms with Crippen LogP contribution in [0.15, 0.2) is 78.9 Å². The Morgan fingerprint density at radius 3 is 2.52 bits per heavy atom. The van der Waals surface area contributed by atoms with Gasteiger partial charge in [-0.15, -0.1) is 0 Å². The van der Waals surface area contributed by atoms with Crippen LogP contribution in [-0.4, -0.2) is 23.9 Å². The Morgan fingerprint density at radius 2 is 1.74 bits per heavy atom. The number of hydrogen-bond acceptors (Lipinski definition) is 2. The lowest BCUT2D eigenvalue weighted by molar-refractivity contribution is -0.127. The molecule has 4 heteroatoms. The van der Waals surface area contributed by atoms with Crippen LogP contribution < -0.4 is 5.32 Å². The molecule has 0 bridgehead atoms. The lowest BCUT2D eigenvalue weighted by Crippen LogP contribution is -2.45. The summed E-state index contributed by atoms with van der Waals surface area (Å²) in [5.74, 6) is -0.0311. The lowest BCUT2D eigenvalue weighted by Gasteiger charge is -2.37. The van der Waals surface area contributed by atoms with Crippen LogP contribution in [0.1, 0.15) is 34.6 Å². The number of hydrogen-bond donors (Lipinski definition) is 1. The van der Waals surface area contributed by atoms with E-state index in [1.54, 1.807) is 6.07 Å². The van der Waals surface area contributed by atoms with Gasteiger partial charge in [0, 0.05) is 26.2 Å². The van der Waals surface area contributed by atoms with E-state index in [-0.39, 0.29) is 17.6 Å². The summed E-state index contributed by atoms with van der Waals surface area (Å²) < 4.78 is 13.5. The van der Waals surface area contributed by atoms with E-state index in [9.17, 15) is 9.18 Å². The van der Waals surface area contributed by atoms with Gasteiger partial charge in [-0.3, -0.25) is 9.69 Å². The van der Waals surface area contributed by atoms with Crippen molar-refractivity contribution in [2.45, 2.75) is 32.4 Å². The Balaban J connectivity index is 1.48. The van der Waals surface area contributed by atoms with E-state index >= 15 is 0 Å². The van der Waals surface area contributed by atoms with Crippen molar-refractivity contribution in [2.75, 3.05) is 13.1 Å². The van der Waals surface area contributed by atoms with Crippen molar-refractivity contribution in [3.63, 3.8) is 0 Å². The predicted octanol–water partition coefficient (Wildman–Crippen LogP) is 5.06. The molecule has 1 amide bonds. The van der Waals surface area contributed by atoms with E-state index in [4.69, 9.17) is 0 Å². The largest absolute Gasteiger partial charge is 0.352 e. The fraction of sp³-hybridized carbons (Fsp3) is 0.296. The number of nitrogens with one attached hydrogen (secondary N) is 1. The third-order valence-corrected chi connectivity index (χ3v) is 6.02. The minimum atomic E-state index is -0.280. The van der Waals surface area contributed by atoms with Gasteiger partial charge >= 0.3 is 0 Å². The number of likely N-dealkylation sites (tertiary alicyclic amines) is 1. The van der Waals surface area contributed by atoms with Crippen LogP contribution in [0.4, 0.5) is 4.39 Å². The van der Waals surface area contributed by atoms with Crippen molar-refractivity contribution in [2.24, 2.45) is 5.92 Å². The average Bonchev–Trinajstić information content (AvgIpc) is 2.78. The molecule has 1 heterocycles. The molecule has 0 spiro atoms. The number of halogens is 1. The van der Waals surface area contributed by atoms with E-state index < -0.39 is 0 Å². The van der Waals surface area contributed by atoms with Crippen LogP contribution in [0.5, 0.6) is 0 Å². The highest BCUT2D eigenvalue weighted by Crippen LogP contribution is 2.31. The molecule has 3 aromatic carbocycles. The zero-order valence-corrected chi connectivity index (χ0v) is 17.9. The van der Waals surface area contributed by atoms with Crippen LogP contribution in [0, 0.1) is 18.7 Å². The second-order valence-electron chi connectivity index (χ2n) is 8.57. The van der Waals surface area contributed by atoms with Gasteiger partial charge in [0.2, 0.25) is 5.91 Å². The molecule has 3 aromatic rings. The number of nitrogens with zero attached hydrogens (tertiary/aromatic N) is 1. The molecule has 0 aromatic heterocycles. The molecule has 1 aliphatic rings. The minimum Gasteiger partial charge on any atom is -0.352 e. The summed E-state index contributed by atoms with van der Waals surface area (Å²) in [7, 11) is 0. The molecule has 3 nitrogen and oxygen atoms in total. The summed E-state index contributed by atoms with van der Waals surface area (Å²) >= 11 is 0. The number of carbonyl (C=O) groups is 1. The topological polar surface area (TPSA) is 32.3 Å². The van der Waals surface area contributed by atoms with Gasteiger partial charge in [0.15, 0.2) is 0 Å². The standard InChI is InChI=1S/C27H29FN2O/c1-20-7-5-11-23(13-20)24-15-25(19-30(18-24)17-21-8-3-2-4-9-21)27(31)29-16-22-10-6-12-26(28)14-22/h2-14,24-25H,15-19H2,1H3,(H,29,31). The van der Waals surface area contributed by atoms with Gasteiger partial charge in [-0.05, 0) is 48.1 Å². The molecule has 31 heavy (non-hydrogen) atoms. The molecular weight excluding hydrogens is 387 g/mol. The quantitative estimate of drug-likeness (QED) is 0.609. The zero-order chi connectivity index (χ0) is 21.6. The number of rotatable bonds is 6. The maximum Gasteiger partial charge on any atom is 0.224 e. The van der Waals surface area contributed by atoms with Gasteiger partial charge in [0.1, 0.15) is 5.82 Å². The van der Waals surface area contributed by atoms with E-state index in [1.807, 2.05) is 12.1 Å². The Bertz CT molecular complexity index is 1020. The summed E-state index contributed by atoms with van der Waals surface area (Å²) in [5, 5.41) is 3.03. The molecule has 1 fully saturated rings. The third kappa shape index (κ3) is 5.80. The Kier molecular flexibility index (Phi) is 6.78.